The summed E-state index contributed by atoms with van der Waals surface area (Å²) in [4.78, 5) is 26.8. The highest BCUT2D eigenvalue weighted by atomic mass is 16.2. The number of hydrogen-bond donors (Lipinski definition) is 0. The van der Waals surface area contributed by atoms with Crippen LogP contribution in [0.4, 0.5) is 0 Å². The van der Waals surface area contributed by atoms with E-state index in [1.165, 1.54) is 30.6 Å². The largest absolute Gasteiger partial charge is 0.335 e. The van der Waals surface area contributed by atoms with Gasteiger partial charge in [0.05, 0.1) is 6.54 Å². The summed E-state index contributed by atoms with van der Waals surface area (Å²) in [6.45, 7) is 0.551. The van der Waals surface area contributed by atoms with Gasteiger partial charge in [0.25, 0.3) is 0 Å². The van der Waals surface area contributed by atoms with Gasteiger partial charge in [0.2, 0.25) is 11.8 Å². The Kier molecular flexibility index (Phi) is 3.46. The Morgan fingerprint density at radius 1 is 0.938 bits per heavy atom. The van der Waals surface area contributed by atoms with Gasteiger partial charge in [-0.05, 0) is 12.8 Å². The molecule has 2 rings (SSSR count). The van der Waals surface area contributed by atoms with Gasteiger partial charge in [-0.25, -0.2) is 0 Å². The molecule has 0 aromatic rings. The van der Waals surface area contributed by atoms with Gasteiger partial charge in [-0.2, -0.15) is 0 Å². The van der Waals surface area contributed by atoms with Gasteiger partial charge in [-0.3, -0.25) is 9.59 Å². The van der Waals surface area contributed by atoms with Crippen LogP contribution in [0.15, 0.2) is 0 Å². The molecule has 0 spiro atoms. The number of carbonyl (C=O) groups is 2. The van der Waals surface area contributed by atoms with Gasteiger partial charge in [0, 0.05) is 13.1 Å². The highest BCUT2D eigenvalue weighted by Gasteiger charge is 2.32. The molecule has 1 aliphatic carbocycles. The van der Waals surface area contributed by atoms with Gasteiger partial charge < -0.3 is 9.80 Å². The Hall–Kier alpha value is -1.06. The summed E-state index contributed by atoms with van der Waals surface area (Å²) in [6, 6.07) is 0.313. The number of likely N-dealkylation sites (N-methyl/N-ethyl adjacent to an activating group) is 1. The molecule has 0 atom stereocenters. The molecule has 2 fully saturated rings. The van der Waals surface area contributed by atoms with Crippen LogP contribution in [0.1, 0.15) is 38.5 Å². The first-order valence-corrected chi connectivity index (χ1v) is 6.22. The van der Waals surface area contributed by atoms with Crippen molar-refractivity contribution in [2.75, 3.05) is 20.1 Å². The molecular weight excluding hydrogens is 204 g/mol. The van der Waals surface area contributed by atoms with Crippen molar-refractivity contribution in [2.24, 2.45) is 0 Å². The highest BCUT2D eigenvalue weighted by molar-refractivity contribution is 5.92. The van der Waals surface area contributed by atoms with Crippen molar-refractivity contribution in [1.82, 2.24) is 9.80 Å². The van der Waals surface area contributed by atoms with Crippen LogP contribution in [0.3, 0.4) is 0 Å². The maximum absolute atomic E-state index is 11.9. The molecule has 1 saturated heterocycles. The second-order valence-electron chi connectivity index (χ2n) is 4.92. The van der Waals surface area contributed by atoms with Crippen LogP contribution in [0.5, 0.6) is 0 Å². The first-order valence-electron chi connectivity index (χ1n) is 6.22. The molecule has 0 radical (unpaired) electrons. The second kappa shape index (κ2) is 4.85. The zero-order valence-electron chi connectivity index (χ0n) is 9.95. The van der Waals surface area contributed by atoms with Crippen LogP contribution >= 0.6 is 0 Å². The summed E-state index contributed by atoms with van der Waals surface area (Å²) >= 11 is 0. The lowest BCUT2D eigenvalue weighted by Crippen LogP contribution is -2.55. The average molecular weight is 224 g/mol. The third-order valence-corrected chi connectivity index (χ3v) is 3.69. The minimum atomic E-state index is 0.0730. The van der Waals surface area contributed by atoms with E-state index >= 15 is 0 Å². The van der Waals surface area contributed by atoms with Gasteiger partial charge in [0.1, 0.15) is 6.54 Å². The standard InChI is InChI=1S/C12H20N2O2/c1-13-8-12(16)14(9-11(13)15)10-6-4-2-3-5-7-10/h10H,2-9H2,1H3. The number of amides is 2. The molecule has 2 aliphatic rings. The van der Waals surface area contributed by atoms with E-state index in [1.807, 2.05) is 4.90 Å². The lowest BCUT2D eigenvalue weighted by molar-refractivity contribution is -0.151. The molecule has 16 heavy (non-hydrogen) atoms. The number of piperazine rings is 1. The van der Waals surface area contributed by atoms with Crippen molar-refractivity contribution < 1.29 is 9.59 Å². The summed E-state index contributed by atoms with van der Waals surface area (Å²) in [7, 11) is 1.70. The zero-order valence-corrected chi connectivity index (χ0v) is 9.95. The summed E-state index contributed by atoms with van der Waals surface area (Å²) in [5.74, 6) is 0.192. The summed E-state index contributed by atoms with van der Waals surface area (Å²) < 4.78 is 0. The molecule has 0 aromatic carbocycles. The molecule has 2 amide bonds. The maximum atomic E-state index is 11.9. The fraction of sp³-hybridized carbons (Fsp3) is 0.833. The monoisotopic (exact) mass is 224 g/mol. The van der Waals surface area contributed by atoms with E-state index < -0.39 is 0 Å². The summed E-state index contributed by atoms with van der Waals surface area (Å²) in [5, 5.41) is 0. The van der Waals surface area contributed by atoms with E-state index in [-0.39, 0.29) is 18.4 Å². The lowest BCUT2D eigenvalue weighted by atomic mass is 10.1. The third kappa shape index (κ3) is 2.36. The van der Waals surface area contributed by atoms with Crippen molar-refractivity contribution in [3.8, 4) is 0 Å². The van der Waals surface area contributed by atoms with Crippen LogP contribution in [0, 0.1) is 0 Å². The van der Waals surface area contributed by atoms with Crippen molar-refractivity contribution in [1.29, 1.82) is 0 Å². The number of hydrogen-bond acceptors (Lipinski definition) is 2. The van der Waals surface area contributed by atoms with Crippen LogP contribution in [0.25, 0.3) is 0 Å². The molecule has 0 aromatic heterocycles. The molecule has 1 saturated carbocycles. The van der Waals surface area contributed by atoms with Crippen molar-refractivity contribution in [3.63, 3.8) is 0 Å². The molecule has 90 valence electrons. The number of carbonyl (C=O) groups excluding carboxylic acids is 2. The first-order chi connectivity index (χ1) is 7.68. The molecule has 1 heterocycles. The van der Waals surface area contributed by atoms with E-state index in [1.54, 1.807) is 7.05 Å². The Morgan fingerprint density at radius 3 is 2.19 bits per heavy atom. The molecule has 0 bridgehead atoms. The topological polar surface area (TPSA) is 40.6 Å². The van der Waals surface area contributed by atoms with Gasteiger partial charge >= 0.3 is 0 Å². The second-order valence-corrected chi connectivity index (χ2v) is 4.92. The van der Waals surface area contributed by atoms with E-state index in [0.717, 1.165) is 12.8 Å². The Labute approximate surface area is 96.6 Å². The molecular formula is C12H20N2O2. The van der Waals surface area contributed by atoms with E-state index in [4.69, 9.17) is 0 Å². The smallest absolute Gasteiger partial charge is 0.242 e. The fourth-order valence-electron chi connectivity index (χ4n) is 2.64. The lowest BCUT2D eigenvalue weighted by Gasteiger charge is -2.37. The van der Waals surface area contributed by atoms with E-state index in [9.17, 15) is 9.59 Å². The highest BCUT2D eigenvalue weighted by Crippen LogP contribution is 2.23. The minimum absolute atomic E-state index is 0.0730. The van der Waals surface area contributed by atoms with E-state index in [2.05, 4.69) is 0 Å². The van der Waals surface area contributed by atoms with Crippen molar-refractivity contribution in [3.05, 3.63) is 0 Å². The maximum Gasteiger partial charge on any atom is 0.242 e. The van der Waals surface area contributed by atoms with Crippen molar-refractivity contribution in [2.45, 2.75) is 44.6 Å². The predicted octanol–water partition coefficient (Wildman–Crippen LogP) is 1.01. The summed E-state index contributed by atoms with van der Waals surface area (Å²) in [5.41, 5.74) is 0. The van der Waals surface area contributed by atoms with Gasteiger partial charge in [-0.1, -0.05) is 25.7 Å². The molecule has 0 unspecified atom stereocenters. The Balaban J connectivity index is 2.01. The predicted molar refractivity (Wildman–Crippen MR) is 60.8 cm³/mol. The Morgan fingerprint density at radius 2 is 1.56 bits per heavy atom. The summed E-state index contributed by atoms with van der Waals surface area (Å²) in [6.07, 6.45) is 7.07. The van der Waals surface area contributed by atoms with Crippen LogP contribution in [-0.4, -0.2) is 47.8 Å². The molecule has 1 aliphatic heterocycles. The molecule has 0 N–H and O–H groups in total. The third-order valence-electron chi connectivity index (χ3n) is 3.69. The van der Waals surface area contributed by atoms with Crippen molar-refractivity contribution >= 4 is 11.8 Å². The number of rotatable bonds is 1. The van der Waals surface area contributed by atoms with Gasteiger partial charge in [-0.15, -0.1) is 0 Å². The minimum Gasteiger partial charge on any atom is -0.335 e. The van der Waals surface area contributed by atoms with Gasteiger partial charge in [0.15, 0.2) is 0 Å². The molecule has 4 heteroatoms. The zero-order chi connectivity index (χ0) is 11.5. The fourth-order valence-corrected chi connectivity index (χ4v) is 2.64. The average Bonchev–Trinajstić information content (AvgIpc) is 2.52. The molecule has 4 nitrogen and oxygen atoms in total. The normalized spacial score (nSPS) is 24.8. The first kappa shape index (κ1) is 11.4. The van der Waals surface area contributed by atoms with Crippen LogP contribution in [0.2, 0.25) is 0 Å². The Bertz CT molecular complexity index is 283. The van der Waals surface area contributed by atoms with E-state index in [0.29, 0.717) is 12.6 Å². The number of nitrogens with zero attached hydrogens (tertiary/aromatic N) is 2. The SMILES string of the molecule is CN1CC(=O)N(C2CCCCCC2)CC1=O. The quantitative estimate of drug-likeness (QED) is 0.624. The van der Waals surface area contributed by atoms with Crippen LogP contribution < -0.4 is 0 Å². The van der Waals surface area contributed by atoms with Crippen LogP contribution in [-0.2, 0) is 9.59 Å².